The van der Waals surface area contributed by atoms with Crippen molar-refractivity contribution in [3.8, 4) is 0 Å². The summed E-state index contributed by atoms with van der Waals surface area (Å²) in [5.41, 5.74) is 0.631. The highest BCUT2D eigenvalue weighted by Gasteiger charge is 2.30. The quantitative estimate of drug-likeness (QED) is 0.847. The van der Waals surface area contributed by atoms with Gasteiger partial charge < -0.3 is 5.11 Å². The third-order valence-corrected chi connectivity index (χ3v) is 4.09. The predicted molar refractivity (Wildman–Crippen MR) is 83.3 cm³/mol. The Balaban J connectivity index is 2.08. The normalized spacial score (nSPS) is 20.8. The predicted octanol–water partition coefficient (Wildman–Crippen LogP) is 2.52. The van der Waals surface area contributed by atoms with Crippen molar-refractivity contribution in [3.63, 3.8) is 0 Å². The molecular formula is C17H24N2O2. The number of carbonyl (C=O) groups excluding carboxylic acids is 1. The second-order valence-electron chi connectivity index (χ2n) is 5.51. The van der Waals surface area contributed by atoms with Crippen LogP contribution in [0.15, 0.2) is 43.0 Å². The lowest BCUT2D eigenvalue weighted by molar-refractivity contribution is -0.162. The topological polar surface area (TPSA) is 43.8 Å². The molecule has 2 rings (SSSR count). The molecule has 0 bridgehead atoms. The van der Waals surface area contributed by atoms with E-state index in [4.69, 9.17) is 0 Å². The molecule has 114 valence electrons. The summed E-state index contributed by atoms with van der Waals surface area (Å²) in [6.07, 6.45) is 4.96. The minimum atomic E-state index is -1.11. The van der Waals surface area contributed by atoms with E-state index in [2.05, 4.69) is 11.6 Å². The van der Waals surface area contributed by atoms with Gasteiger partial charge in [-0.2, -0.15) is 0 Å². The summed E-state index contributed by atoms with van der Waals surface area (Å²) in [6.45, 7) is 4.65. The number of hydrogen-bond donors (Lipinski definition) is 1. The molecule has 1 N–H and O–H groups in total. The zero-order chi connectivity index (χ0) is 15.2. The molecular weight excluding hydrogens is 264 g/mol. The first-order chi connectivity index (χ1) is 10.1. The molecule has 1 aliphatic rings. The van der Waals surface area contributed by atoms with Crippen LogP contribution in [0.3, 0.4) is 0 Å². The molecule has 1 aromatic carbocycles. The smallest absolute Gasteiger partial charge is 0.270 e. The van der Waals surface area contributed by atoms with Crippen LogP contribution in [0, 0.1) is 0 Å². The van der Waals surface area contributed by atoms with E-state index in [1.54, 1.807) is 24.2 Å². The minimum absolute atomic E-state index is 0.280. The molecule has 4 nitrogen and oxygen atoms in total. The number of piperidine rings is 1. The average molecular weight is 288 g/mol. The summed E-state index contributed by atoms with van der Waals surface area (Å²) < 4.78 is 0. The zero-order valence-corrected chi connectivity index (χ0v) is 12.6. The van der Waals surface area contributed by atoms with Gasteiger partial charge in [-0.25, -0.2) is 5.01 Å². The van der Waals surface area contributed by atoms with Crippen molar-refractivity contribution >= 4 is 5.91 Å². The van der Waals surface area contributed by atoms with Crippen molar-refractivity contribution in [2.75, 3.05) is 13.6 Å². The highest BCUT2D eigenvalue weighted by molar-refractivity contribution is 5.81. The Hall–Kier alpha value is -1.65. The first-order valence-electron chi connectivity index (χ1n) is 7.53. The standard InChI is InChI=1S/C17H24N2O2/c1-3-9-15-12-7-8-13-19(15)18(2)17(21)16(20)14-10-5-4-6-11-14/h3-6,10-11,15-16,20H,1,7-9,12-13H2,2H3/t15-,16-/m0/s1. The number of hydrazine groups is 1. The summed E-state index contributed by atoms with van der Waals surface area (Å²) in [7, 11) is 1.75. The van der Waals surface area contributed by atoms with Crippen molar-refractivity contribution in [2.24, 2.45) is 0 Å². The van der Waals surface area contributed by atoms with Crippen molar-refractivity contribution in [1.29, 1.82) is 0 Å². The van der Waals surface area contributed by atoms with Crippen molar-refractivity contribution in [2.45, 2.75) is 37.8 Å². The molecule has 21 heavy (non-hydrogen) atoms. The van der Waals surface area contributed by atoms with Gasteiger partial charge >= 0.3 is 0 Å². The highest BCUT2D eigenvalue weighted by Crippen LogP contribution is 2.23. The van der Waals surface area contributed by atoms with Crippen LogP contribution in [0.2, 0.25) is 0 Å². The Kier molecular flexibility index (Phi) is 5.53. The molecule has 0 aliphatic carbocycles. The maximum absolute atomic E-state index is 12.5. The third kappa shape index (κ3) is 3.71. The second-order valence-corrected chi connectivity index (χ2v) is 5.51. The van der Waals surface area contributed by atoms with Gasteiger partial charge in [0.2, 0.25) is 0 Å². The molecule has 0 spiro atoms. The summed E-state index contributed by atoms with van der Waals surface area (Å²) in [6, 6.07) is 9.37. The van der Waals surface area contributed by atoms with Crippen LogP contribution in [0.25, 0.3) is 0 Å². The molecule has 0 aromatic heterocycles. The largest absolute Gasteiger partial charge is 0.378 e. The van der Waals surface area contributed by atoms with Crippen LogP contribution >= 0.6 is 0 Å². The number of carbonyl (C=O) groups is 1. The third-order valence-electron chi connectivity index (χ3n) is 4.09. The fraction of sp³-hybridized carbons (Fsp3) is 0.471. The van der Waals surface area contributed by atoms with Crippen LogP contribution in [0.4, 0.5) is 0 Å². The van der Waals surface area contributed by atoms with Gasteiger partial charge in [-0.15, -0.1) is 6.58 Å². The van der Waals surface area contributed by atoms with Gasteiger partial charge in [0.05, 0.1) is 0 Å². The molecule has 1 aromatic rings. The van der Waals surface area contributed by atoms with Gasteiger partial charge in [-0.3, -0.25) is 9.80 Å². The van der Waals surface area contributed by atoms with Gasteiger partial charge in [-0.1, -0.05) is 42.8 Å². The molecule has 0 radical (unpaired) electrons. The van der Waals surface area contributed by atoms with Gasteiger partial charge in [0.1, 0.15) is 0 Å². The van der Waals surface area contributed by atoms with Crippen molar-refractivity contribution < 1.29 is 9.90 Å². The number of hydrogen-bond acceptors (Lipinski definition) is 3. The Bertz CT molecular complexity index is 475. The molecule has 1 saturated heterocycles. The molecule has 2 atom stereocenters. The molecule has 4 heteroatoms. The lowest BCUT2D eigenvalue weighted by Gasteiger charge is -2.41. The van der Waals surface area contributed by atoms with E-state index in [1.165, 1.54) is 6.42 Å². The van der Waals surface area contributed by atoms with E-state index in [9.17, 15) is 9.90 Å². The summed E-state index contributed by atoms with van der Waals surface area (Å²) in [5, 5.41) is 13.9. The number of likely N-dealkylation sites (N-methyl/N-ethyl adjacent to an activating group) is 1. The van der Waals surface area contributed by atoms with E-state index in [-0.39, 0.29) is 5.91 Å². The molecule has 1 aliphatic heterocycles. The molecule has 1 heterocycles. The minimum Gasteiger partial charge on any atom is -0.378 e. The molecule has 0 saturated carbocycles. The lowest BCUT2D eigenvalue weighted by atomic mass is 10.0. The number of amides is 1. The summed E-state index contributed by atoms with van der Waals surface area (Å²) in [4.78, 5) is 12.5. The Morgan fingerprint density at radius 3 is 2.86 bits per heavy atom. The van der Waals surface area contributed by atoms with Crippen molar-refractivity contribution in [3.05, 3.63) is 48.6 Å². The van der Waals surface area contributed by atoms with E-state index in [1.807, 2.05) is 24.3 Å². The Labute approximate surface area is 126 Å². The summed E-state index contributed by atoms with van der Waals surface area (Å²) >= 11 is 0. The molecule has 1 amide bonds. The molecule has 1 fully saturated rings. The van der Waals surface area contributed by atoms with Crippen LogP contribution < -0.4 is 0 Å². The lowest BCUT2D eigenvalue weighted by Crippen LogP contribution is -2.52. The fourth-order valence-electron chi connectivity index (χ4n) is 2.89. The maximum atomic E-state index is 12.5. The van der Waals surface area contributed by atoms with Gasteiger partial charge in [0.15, 0.2) is 6.10 Å². The van der Waals surface area contributed by atoms with Crippen molar-refractivity contribution in [1.82, 2.24) is 10.0 Å². The summed E-state index contributed by atoms with van der Waals surface area (Å²) in [5.74, 6) is -0.280. The first kappa shape index (κ1) is 15.7. The van der Waals surface area contributed by atoms with Gasteiger partial charge in [-0.05, 0) is 24.8 Å². The van der Waals surface area contributed by atoms with Crippen LogP contribution in [-0.4, -0.2) is 40.7 Å². The van der Waals surface area contributed by atoms with Crippen LogP contribution in [-0.2, 0) is 4.79 Å². The number of benzene rings is 1. The van der Waals surface area contributed by atoms with Gasteiger partial charge in [0.25, 0.3) is 5.91 Å². The number of nitrogens with zero attached hydrogens (tertiary/aromatic N) is 2. The Morgan fingerprint density at radius 1 is 1.48 bits per heavy atom. The van der Waals surface area contributed by atoms with Gasteiger partial charge in [0, 0.05) is 19.6 Å². The highest BCUT2D eigenvalue weighted by atomic mass is 16.3. The maximum Gasteiger partial charge on any atom is 0.270 e. The van der Waals surface area contributed by atoms with E-state index in [0.717, 1.165) is 25.8 Å². The first-order valence-corrected chi connectivity index (χ1v) is 7.53. The average Bonchev–Trinajstić information content (AvgIpc) is 2.54. The van der Waals surface area contributed by atoms with E-state index < -0.39 is 6.10 Å². The number of rotatable bonds is 5. The van der Waals surface area contributed by atoms with E-state index in [0.29, 0.717) is 11.6 Å². The SMILES string of the molecule is C=CC[C@H]1CCCCN1N(C)C(=O)[C@@H](O)c1ccccc1. The number of aliphatic hydroxyl groups is 1. The monoisotopic (exact) mass is 288 g/mol. The second kappa shape index (κ2) is 7.38. The number of aliphatic hydroxyl groups excluding tert-OH is 1. The molecule has 0 unspecified atom stereocenters. The zero-order valence-electron chi connectivity index (χ0n) is 12.6. The van der Waals surface area contributed by atoms with Crippen LogP contribution in [0.1, 0.15) is 37.4 Å². The Morgan fingerprint density at radius 2 is 2.19 bits per heavy atom. The van der Waals surface area contributed by atoms with Crippen LogP contribution in [0.5, 0.6) is 0 Å². The fourth-order valence-corrected chi connectivity index (χ4v) is 2.89. The van der Waals surface area contributed by atoms with E-state index >= 15 is 0 Å².